The molecule has 92 valence electrons. The average Bonchev–Trinajstić information content (AvgIpc) is 2.40. The van der Waals surface area contributed by atoms with E-state index in [1.165, 1.54) is 5.56 Å². The Labute approximate surface area is 103 Å². The third-order valence-corrected chi connectivity index (χ3v) is 3.65. The molecule has 0 unspecified atom stereocenters. The second-order valence-corrected chi connectivity index (χ2v) is 4.77. The smallest absolute Gasteiger partial charge is 0.226 e. The van der Waals surface area contributed by atoms with Crippen molar-refractivity contribution in [3.05, 3.63) is 35.9 Å². The molecule has 17 heavy (non-hydrogen) atoms. The molecule has 0 atom stereocenters. The van der Waals surface area contributed by atoms with Gasteiger partial charge in [0, 0.05) is 7.05 Å². The minimum Gasteiger partial charge on any atom is -0.359 e. The molecule has 2 rings (SSSR count). The van der Waals surface area contributed by atoms with Crippen molar-refractivity contribution in [1.82, 2.24) is 10.6 Å². The Morgan fingerprint density at radius 1 is 1.29 bits per heavy atom. The first-order valence-corrected chi connectivity index (χ1v) is 6.24. The number of amides is 1. The summed E-state index contributed by atoms with van der Waals surface area (Å²) in [7, 11) is 1.73. The number of hydrogen-bond donors (Lipinski definition) is 2. The maximum absolute atomic E-state index is 12.2. The van der Waals surface area contributed by atoms with Crippen LogP contribution in [0.25, 0.3) is 0 Å². The summed E-state index contributed by atoms with van der Waals surface area (Å²) in [5.74, 6) is 0.183. The molecule has 1 aromatic carbocycles. The Hall–Kier alpha value is -1.35. The molecule has 1 amide bonds. The zero-order valence-electron chi connectivity index (χ0n) is 10.3. The fourth-order valence-electron chi connectivity index (χ4n) is 2.64. The molecule has 0 saturated carbocycles. The van der Waals surface area contributed by atoms with Crippen molar-refractivity contribution in [3.63, 3.8) is 0 Å². The lowest BCUT2D eigenvalue weighted by Crippen LogP contribution is -2.48. The number of benzene rings is 1. The van der Waals surface area contributed by atoms with Gasteiger partial charge < -0.3 is 10.6 Å². The third kappa shape index (κ3) is 2.67. The van der Waals surface area contributed by atoms with E-state index in [2.05, 4.69) is 22.8 Å². The Kier molecular flexibility index (Phi) is 3.79. The molecule has 1 aliphatic rings. The lowest BCUT2D eigenvalue weighted by atomic mass is 9.73. The fourth-order valence-corrected chi connectivity index (χ4v) is 2.64. The SMILES string of the molecule is CNC(=O)C1(Cc2ccccc2)CCNCC1. The predicted octanol–water partition coefficient (Wildman–Crippen LogP) is 1.34. The molecule has 1 aromatic rings. The van der Waals surface area contributed by atoms with Crippen LogP contribution in [0.15, 0.2) is 30.3 Å². The molecule has 0 radical (unpaired) electrons. The van der Waals surface area contributed by atoms with Gasteiger partial charge in [0.05, 0.1) is 5.41 Å². The van der Waals surface area contributed by atoms with Crippen molar-refractivity contribution in [1.29, 1.82) is 0 Å². The van der Waals surface area contributed by atoms with Gasteiger partial charge in [-0.3, -0.25) is 4.79 Å². The minimum absolute atomic E-state index is 0.183. The predicted molar refractivity (Wildman–Crippen MR) is 68.7 cm³/mol. The molecule has 1 saturated heterocycles. The molecule has 2 N–H and O–H groups in total. The van der Waals surface area contributed by atoms with E-state index in [0.29, 0.717) is 0 Å². The van der Waals surface area contributed by atoms with Gasteiger partial charge in [-0.05, 0) is 37.9 Å². The highest BCUT2D eigenvalue weighted by molar-refractivity contribution is 5.82. The maximum atomic E-state index is 12.2. The number of carbonyl (C=O) groups is 1. The molecule has 0 aliphatic carbocycles. The quantitative estimate of drug-likeness (QED) is 0.826. The van der Waals surface area contributed by atoms with Crippen molar-refractivity contribution in [3.8, 4) is 0 Å². The highest BCUT2D eigenvalue weighted by Crippen LogP contribution is 2.33. The van der Waals surface area contributed by atoms with Crippen molar-refractivity contribution in [2.75, 3.05) is 20.1 Å². The van der Waals surface area contributed by atoms with Crippen LogP contribution in [0.4, 0.5) is 0 Å². The Morgan fingerprint density at radius 2 is 1.94 bits per heavy atom. The molecule has 1 aliphatic heterocycles. The van der Waals surface area contributed by atoms with E-state index < -0.39 is 0 Å². The molecular formula is C14H20N2O. The van der Waals surface area contributed by atoms with E-state index in [4.69, 9.17) is 0 Å². The van der Waals surface area contributed by atoms with Gasteiger partial charge in [0.15, 0.2) is 0 Å². The van der Waals surface area contributed by atoms with Gasteiger partial charge in [-0.2, -0.15) is 0 Å². The van der Waals surface area contributed by atoms with Crippen LogP contribution in [0.2, 0.25) is 0 Å². The summed E-state index contributed by atoms with van der Waals surface area (Å²) in [5.41, 5.74) is 1.03. The molecule has 0 spiro atoms. The lowest BCUT2D eigenvalue weighted by molar-refractivity contribution is -0.132. The molecular weight excluding hydrogens is 212 g/mol. The average molecular weight is 232 g/mol. The topological polar surface area (TPSA) is 41.1 Å². The van der Waals surface area contributed by atoms with Gasteiger partial charge in [0.1, 0.15) is 0 Å². The summed E-state index contributed by atoms with van der Waals surface area (Å²) in [6, 6.07) is 10.3. The Morgan fingerprint density at radius 3 is 2.53 bits per heavy atom. The van der Waals surface area contributed by atoms with Crippen LogP contribution < -0.4 is 10.6 Å². The minimum atomic E-state index is -0.221. The van der Waals surface area contributed by atoms with E-state index >= 15 is 0 Å². The van der Waals surface area contributed by atoms with E-state index in [-0.39, 0.29) is 11.3 Å². The van der Waals surface area contributed by atoms with Gasteiger partial charge in [-0.1, -0.05) is 30.3 Å². The molecule has 3 nitrogen and oxygen atoms in total. The van der Waals surface area contributed by atoms with Crippen LogP contribution in [-0.2, 0) is 11.2 Å². The zero-order valence-corrected chi connectivity index (χ0v) is 10.3. The van der Waals surface area contributed by atoms with E-state index in [0.717, 1.165) is 32.4 Å². The summed E-state index contributed by atoms with van der Waals surface area (Å²) in [5, 5.41) is 6.15. The second-order valence-electron chi connectivity index (χ2n) is 4.77. The molecule has 0 bridgehead atoms. The normalized spacial score (nSPS) is 18.6. The van der Waals surface area contributed by atoms with E-state index in [9.17, 15) is 4.79 Å². The first-order valence-electron chi connectivity index (χ1n) is 6.24. The van der Waals surface area contributed by atoms with Crippen LogP contribution in [0.3, 0.4) is 0 Å². The standard InChI is InChI=1S/C14H20N2O/c1-15-13(17)14(7-9-16-10-8-14)11-12-5-3-2-4-6-12/h2-6,16H,7-11H2,1H3,(H,15,17). The number of hydrogen-bond acceptors (Lipinski definition) is 2. The summed E-state index contributed by atoms with van der Waals surface area (Å²) >= 11 is 0. The molecule has 1 heterocycles. The monoisotopic (exact) mass is 232 g/mol. The van der Waals surface area contributed by atoms with Crippen molar-refractivity contribution < 1.29 is 4.79 Å². The van der Waals surface area contributed by atoms with Crippen LogP contribution >= 0.6 is 0 Å². The zero-order chi connectivity index (χ0) is 12.1. The summed E-state index contributed by atoms with van der Waals surface area (Å²) in [6.07, 6.45) is 2.68. The lowest BCUT2D eigenvalue weighted by Gasteiger charge is -2.36. The summed E-state index contributed by atoms with van der Waals surface area (Å²) in [4.78, 5) is 12.2. The first-order chi connectivity index (χ1) is 8.27. The number of nitrogens with one attached hydrogen (secondary N) is 2. The number of rotatable bonds is 3. The molecule has 3 heteroatoms. The van der Waals surface area contributed by atoms with Gasteiger partial charge in [0.2, 0.25) is 5.91 Å². The largest absolute Gasteiger partial charge is 0.359 e. The highest BCUT2D eigenvalue weighted by atomic mass is 16.2. The second kappa shape index (κ2) is 5.32. The van der Waals surface area contributed by atoms with Gasteiger partial charge in [-0.25, -0.2) is 0 Å². The van der Waals surface area contributed by atoms with Crippen LogP contribution in [-0.4, -0.2) is 26.0 Å². The van der Waals surface area contributed by atoms with E-state index in [1.807, 2.05) is 18.2 Å². The van der Waals surface area contributed by atoms with Crippen LogP contribution in [0.5, 0.6) is 0 Å². The van der Waals surface area contributed by atoms with Gasteiger partial charge >= 0.3 is 0 Å². The highest BCUT2D eigenvalue weighted by Gasteiger charge is 2.38. The molecule has 0 aromatic heterocycles. The third-order valence-electron chi connectivity index (χ3n) is 3.65. The summed E-state index contributed by atoms with van der Waals surface area (Å²) in [6.45, 7) is 1.86. The first kappa shape index (κ1) is 12.1. The van der Waals surface area contributed by atoms with Gasteiger partial charge in [-0.15, -0.1) is 0 Å². The fraction of sp³-hybridized carbons (Fsp3) is 0.500. The van der Waals surface area contributed by atoms with E-state index in [1.54, 1.807) is 7.05 Å². The number of piperidine rings is 1. The maximum Gasteiger partial charge on any atom is 0.226 e. The van der Waals surface area contributed by atoms with Crippen LogP contribution in [0, 0.1) is 5.41 Å². The van der Waals surface area contributed by atoms with Crippen molar-refractivity contribution in [2.24, 2.45) is 5.41 Å². The van der Waals surface area contributed by atoms with Crippen LogP contribution in [0.1, 0.15) is 18.4 Å². The molecule has 1 fully saturated rings. The number of carbonyl (C=O) groups excluding carboxylic acids is 1. The van der Waals surface area contributed by atoms with Gasteiger partial charge in [0.25, 0.3) is 0 Å². The summed E-state index contributed by atoms with van der Waals surface area (Å²) < 4.78 is 0. The van der Waals surface area contributed by atoms with Crippen molar-refractivity contribution in [2.45, 2.75) is 19.3 Å². The Bertz CT molecular complexity index is 369. The Balaban J connectivity index is 2.19. The van der Waals surface area contributed by atoms with Crippen molar-refractivity contribution >= 4 is 5.91 Å².